The Morgan fingerprint density at radius 2 is 2.47 bits per heavy atom. The van der Waals surface area contributed by atoms with E-state index in [-0.39, 0.29) is 10.5 Å². The lowest BCUT2D eigenvalue weighted by atomic mass is 9.90. The van der Waals surface area contributed by atoms with Crippen LogP contribution < -0.4 is 0 Å². The summed E-state index contributed by atoms with van der Waals surface area (Å²) in [7, 11) is 0. The van der Waals surface area contributed by atoms with E-state index in [1.807, 2.05) is 11.8 Å². The van der Waals surface area contributed by atoms with Crippen LogP contribution in [0.15, 0.2) is 10.6 Å². The minimum absolute atomic E-state index is 0.0716. The number of nitrogens with zero attached hydrogens (tertiary/aromatic N) is 1. The molecular formula is C10H13NO3S. The number of thioether (sulfide) groups is 1. The van der Waals surface area contributed by atoms with Gasteiger partial charge < -0.3 is 9.63 Å². The van der Waals surface area contributed by atoms with E-state index in [0.29, 0.717) is 5.92 Å². The van der Waals surface area contributed by atoms with Gasteiger partial charge >= 0.3 is 5.97 Å². The summed E-state index contributed by atoms with van der Waals surface area (Å²) in [5, 5.41) is 12.6. The van der Waals surface area contributed by atoms with Crippen LogP contribution in [0.3, 0.4) is 0 Å². The predicted molar refractivity (Wildman–Crippen MR) is 57.4 cm³/mol. The van der Waals surface area contributed by atoms with Crippen molar-refractivity contribution in [2.75, 3.05) is 5.75 Å². The first kappa shape index (κ1) is 10.5. The fraction of sp³-hybridized carbons (Fsp3) is 0.600. The van der Waals surface area contributed by atoms with E-state index >= 15 is 0 Å². The van der Waals surface area contributed by atoms with Crippen molar-refractivity contribution < 1.29 is 14.4 Å². The highest BCUT2D eigenvalue weighted by atomic mass is 32.2. The van der Waals surface area contributed by atoms with Crippen molar-refractivity contribution in [1.29, 1.82) is 0 Å². The Kier molecular flexibility index (Phi) is 2.50. The van der Waals surface area contributed by atoms with Crippen molar-refractivity contribution in [3.8, 4) is 0 Å². The van der Waals surface area contributed by atoms with Gasteiger partial charge in [-0.1, -0.05) is 19.0 Å². The van der Waals surface area contributed by atoms with Crippen LogP contribution in [0.1, 0.15) is 42.4 Å². The lowest BCUT2D eigenvalue weighted by Crippen LogP contribution is -2.20. The molecule has 0 spiro atoms. The third-order valence-electron chi connectivity index (χ3n) is 2.82. The zero-order chi connectivity index (χ0) is 11.1. The van der Waals surface area contributed by atoms with Crippen molar-refractivity contribution >= 4 is 17.7 Å². The van der Waals surface area contributed by atoms with Crippen LogP contribution in [0.5, 0.6) is 0 Å². The van der Waals surface area contributed by atoms with Crippen LogP contribution in [0.2, 0.25) is 0 Å². The first-order chi connectivity index (χ1) is 7.00. The second-order valence-electron chi connectivity index (χ2n) is 4.21. The number of aromatic carboxylic acids is 1. The number of aromatic nitrogens is 1. The first-order valence-corrected chi connectivity index (χ1v) is 5.83. The average molecular weight is 227 g/mol. The molecule has 1 aromatic rings. The number of hydrogen-bond donors (Lipinski definition) is 1. The Balaban J connectivity index is 2.26. The lowest BCUT2D eigenvalue weighted by Gasteiger charge is -2.23. The van der Waals surface area contributed by atoms with Crippen LogP contribution >= 0.6 is 11.8 Å². The number of hydrogen-bond acceptors (Lipinski definition) is 4. The normalized spacial score (nSPS) is 24.3. The highest BCUT2D eigenvalue weighted by Gasteiger charge is 2.38. The zero-order valence-corrected chi connectivity index (χ0v) is 9.50. The Morgan fingerprint density at radius 1 is 1.73 bits per heavy atom. The summed E-state index contributed by atoms with van der Waals surface area (Å²) >= 11 is 1.89. The molecule has 1 aliphatic rings. The van der Waals surface area contributed by atoms with Crippen molar-refractivity contribution in [2.45, 2.75) is 30.9 Å². The van der Waals surface area contributed by atoms with Gasteiger partial charge in [0.1, 0.15) is 0 Å². The molecule has 0 aromatic carbocycles. The molecule has 0 bridgehead atoms. The summed E-state index contributed by atoms with van der Waals surface area (Å²) in [5.74, 6) is 0.252. The first-order valence-electron chi connectivity index (χ1n) is 4.84. The monoisotopic (exact) mass is 227 g/mol. The third-order valence-corrected chi connectivity index (χ3v) is 4.28. The smallest absolute Gasteiger partial charge is 0.374 e. The molecule has 82 valence electrons. The second-order valence-corrected chi connectivity index (χ2v) is 5.96. The van der Waals surface area contributed by atoms with E-state index in [2.05, 4.69) is 19.0 Å². The second kappa shape index (κ2) is 3.56. The van der Waals surface area contributed by atoms with E-state index in [0.717, 1.165) is 17.9 Å². The zero-order valence-electron chi connectivity index (χ0n) is 8.69. The summed E-state index contributed by atoms with van der Waals surface area (Å²) in [6, 6.07) is 1.54. The fourth-order valence-corrected chi connectivity index (χ4v) is 3.27. The van der Waals surface area contributed by atoms with Gasteiger partial charge in [0.15, 0.2) is 0 Å². The SMILES string of the molecule is CC1(C)SCCC1c1cc(C(=O)O)on1. The van der Waals surface area contributed by atoms with Gasteiger partial charge in [0.25, 0.3) is 0 Å². The van der Waals surface area contributed by atoms with E-state index in [4.69, 9.17) is 9.63 Å². The topological polar surface area (TPSA) is 63.3 Å². The fourth-order valence-electron chi connectivity index (χ4n) is 1.95. The van der Waals surface area contributed by atoms with E-state index < -0.39 is 5.97 Å². The van der Waals surface area contributed by atoms with Gasteiger partial charge in [-0.05, 0) is 12.2 Å². The standard InChI is InChI=1S/C10H13NO3S/c1-10(2)6(3-4-15-10)7-5-8(9(12)13)14-11-7/h5-6H,3-4H2,1-2H3,(H,12,13). The van der Waals surface area contributed by atoms with Crippen LogP contribution in [0, 0.1) is 0 Å². The van der Waals surface area contributed by atoms with Gasteiger partial charge in [0.2, 0.25) is 5.76 Å². The largest absolute Gasteiger partial charge is 0.475 e. The van der Waals surface area contributed by atoms with Crippen molar-refractivity contribution in [1.82, 2.24) is 5.16 Å². The molecule has 0 radical (unpaired) electrons. The molecule has 1 aromatic heterocycles. The summed E-state index contributed by atoms with van der Waals surface area (Å²) in [6.07, 6.45) is 1.03. The van der Waals surface area contributed by atoms with Gasteiger partial charge in [-0.25, -0.2) is 4.79 Å². The van der Waals surface area contributed by atoms with Crippen LogP contribution in [-0.2, 0) is 0 Å². The van der Waals surface area contributed by atoms with E-state index in [1.165, 1.54) is 0 Å². The summed E-state index contributed by atoms with van der Waals surface area (Å²) in [4.78, 5) is 10.7. The molecule has 2 rings (SSSR count). The third kappa shape index (κ3) is 1.88. The Hall–Kier alpha value is -0.970. The highest BCUT2D eigenvalue weighted by molar-refractivity contribution is 8.00. The molecular weight excluding hydrogens is 214 g/mol. The maximum Gasteiger partial charge on any atom is 0.374 e. The van der Waals surface area contributed by atoms with Crippen LogP contribution in [0.4, 0.5) is 0 Å². The van der Waals surface area contributed by atoms with Crippen LogP contribution in [0.25, 0.3) is 0 Å². The molecule has 1 N–H and O–H groups in total. The summed E-state index contributed by atoms with van der Waals surface area (Å²) < 4.78 is 4.89. The molecule has 1 unspecified atom stereocenters. The van der Waals surface area contributed by atoms with E-state index in [9.17, 15) is 4.79 Å². The predicted octanol–water partition coefficient (Wildman–Crippen LogP) is 2.37. The molecule has 1 fully saturated rings. The molecule has 1 atom stereocenters. The number of carboxylic acid groups (broad SMARTS) is 1. The molecule has 2 heterocycles. The van der Waals surface area contributed by atoms with Gasteiger partial charge in [-0.3, -0.25) is 0 Å². The van der Waals surface area contributed by atoms with Crippen molar-refractivity contribution in [2.24, 2.45) is 0 Å². The number of rotatable bonds is 2. The summed E-state index contributed by atoms with van der Waals surface area (Å²) in [5.41, 5.74) is 0.766. The summed E-state index contributed by atoms with van der Waals surface area (Å²) in [6.45, 7) is 4.31. The molecule has 5 heteroatoms. The van der Waals surface area contributed by atoms with Gasteiger partial charge in [-0.2, -0.15) is 11.8 Å². The van der Waals surface area contributed by atoms with Gasteiger partial charge in [-0.15, -0.1) is 0 Å². The minimum atomic E-state index is -1.06. The molecule has 0 aliphatic carbocycles. The minimum Gasteiger partial charge on any atom is -0.475 e. The van der Waals surface area contributed by atoms with Gasteiger partial charge in [0.05, 0.1) is 5.69 Å². The molecule has 0 amide bonds. The molecule has 1 saturated heterocycles. The maximum atomic E-state index is 10.7. The quantitative estimate of drug-likeness (QED) is 0.840. The Bertz CT molecular complexity index is 386. The Labute approximate surface area is 92.0 Å². The van der Waals surface area contributed by atoms with Crippen molar-refractivity contribution in [3.05, 3.63) is 17.5 Å². The molecule has 0 saturated carbocycles. The van der Waals surface area contributed by atoms with E-state index in [1.54, 1.807) is 6.07 Å². The average Bonchev–Trinajstić information content (AvgIpc) is 2.69. The molecule has 4 nitrogen and oxygen atoms in total. The molecule has 15 heavy (non-hydrogen) atoms. The maximum absolute atomic E-state index is 10.7. The number of carboxylic acids is 1. The van der Waals surface area contributed by atoms with Gasteiger partial charge in [0, 0.05) is 16.7 Å². The van der Waals surface area contributed by atoms with Crippen molar-refractivity contribution in [3.63, 3.8) is 0 Å². The van der Waals surface area contributed by atoms with Crippen LogP contribution in [-0.4, -0.2) is 26.7 Å². The highest BCUT2D eigenvalue weighted by Crippen LogP contribution is 2.47. The molecule has 1 aliphatic heterocycles. The Morgan fingerprint density at radius 3 is 2.93 bits per heavy atom. The lowest BCUT2D eigenvalue weighted by molar-refractivity contribution is 0.0652. The number of carbonyl (C=O) groups is 1.